The smallest absolute Gasteiger partial charge is 0.205 e. The predicted octanol–water partition coefficient (Wildman–Crippen LogP) is 4.79. The molecule has 0 bridgehead atoms. The summed E-state index contributed by atoms with van der Waals surface area (Å²) < 4.78 is 10.7. The van der Waals surface area contributed by atoms with Crippen molar-refractivity contribution in [3.63, 3.8) is 0 Å². The van der Waals surface area contributed by atoms with Gasteiger partial charge >= 0.3 is 0 Å². The Morgan fingerprint density at radius 3 is 2.43 bits per heavy atom. The van der Waals surface area contributed by atoms with E-state index in [1.165, 1.54) is 11.3 Å². The molecule has 0 fully saturated rings. The van der Waals surface area contributed by atoms with E-state index in [0.29, 0.717) is 27.6 Å². The fraction of sp³-hybridized carbons (Fsp3) is 0.0909. The summed E-state index contributed by atoms with van der Waals surface area (Å²) in [5.41, 5.74) is 9.01. The van der Waals surface area contributed by atoms with Crippen LogP contribution >= 0.6 is 11.3 Å². The first-order valence-electron chi connectivity index (χ1n) is 8.63. The second kappa shape index (κ2) is 7.32. The molecule has 0 aliphatic heterocycles. The molecule has 2 heterocycles. The Labute approximate surface area is 166 Å². The summed E-state index contributed by atoms with van der Waals surface area (Å²) in [6, 6.07) is 18.6. The van der Waals surface area contributed by atoms with E-state index in [4.69, 9.17) is 20.2 Å². The fourth-order valence-electron chi connectivity index (χ4n) is 3.04. The maximum Gasteiger partial charge on any atom is 0.205 e. The zero-order valence-corrected chi connectivity index (χ0v) is 16.2. The molecule has 0 amide bonds. The number of fused-ring (bicyclic) bond motifs is 1. The Morgan fingerprint density at radius 1 is 0.964 bits per heavy atom. The van der Waals surface area contributed by atoms with Crippen LogP contribution in [0.1, 0.15) is 15.2 Å². The number of methoxy groups -OCH3 is 2. The van der Waals surface area contributed by atoms with Crippen molar-refractivity contribution in [1.82, 2.24) is 4.98 Å². The quantitative estimate of drug-likeness (QED) is 0.496. The van der Waals surface area contributed by atoms with Crippen LogP contribution in [0, 0.1) is 0 Å². The molecule has 4 rings (SSSR count). The molecule has 0 saturated carbocycles. The number of ketones is 1. The van der Waals surface area contributed by atoms with Crippen molar-refractivity contribution in [1.29, 1.82) is 0 Å². The van der Waals surface area contributed by atoms with Crippen molar-refractivity contribution in [2.75, 3.05) is 20.0 Å². The van der Waals surface area contributed by atoms with E-state index in [1.807, 2.05) is 48.5 Å². The van der Waals surface area contributed by atoms with Gasteiger partial charge in [0.25, 0.3) is 0 Å². The maximum absolute atomic E-state index is 12.8. The zero-order valence-electron chi connectivity index (χ0n) is 15.4. The lowest BCUT2D eigenvalue weighted by molar-refractivity contribution is 0.104. The van der Waals surface area contributed by atoms with E-state index in [2.05, 4.69) is 0 Å². The van der Waals surface area contributed by atoms with Gasteiger partial charge in [-0.25, -0.2) is 4.98 Å². The van der Waals surface area contributed by atoms with Gasteiger partial charge in [0.15, 0.2) is 11.5 Å². The van der Waals surface area contributed by atoms with E-state index in [9.17, 15) is 4.79 Å². The van der Waals surface area contributed by atoms with Crippen molar-refractivity contribution in [3.8, 4) is 22.8 Å². The molecular formula is C22H18N2O3S. The largest absolute Gasteiger partial charge is 0.493 e. The molecule has 2 aromatic heterocycles. The van der Waals surface area contributed by atoms with Crippen LogP contribution in [0.5, 0.6) is 11.5 Å². The summed E-state index contributed by atoms with van der Waals surface area (Å²) in [6.45, 7) is 0. The highest BCUT2D eigenvalue weighted by atomic mass is 32.1. The number of anilines is 1. The van der Waals surface area contributed by atoms with Gasteiger partial charge in [0.2, 0.25) is 5.78 Å². The lowest BCUT2D eigenvalue weighted by Crippen LogP contribution is -2.01. The molecule has 0 spiro atoms. The number of aromatic nitrogens is 1. The molecule has 4 aromatic rings. The molecule has 28 heavy (non-hydrogen) atoms. The van der Waals surface area contributed by atoms with Gasteiger partial charge in [0.1, 0.15) is 9.71 Å². The molecular weight excluding hydrogens is 372 g/mol. The Morgan fingerprint density at radius 2 is 1.71 bits per heavy atom. The van der Waals surface area contributed by atoms with Crippen LogP contribution in [-0.2, 0) is 0 Å². The summed E-state index contributed by atoms with van der Waals surface area (Å²) in [7, 11) is 3.20. The van der Waals surface area contributed by atoms with Crippen molar-refractivity contribution < 1.29 is 14.3 Å². The SMILES string of the molecule is COc1ccc(-c2ccc3c(N)c(C(=O)c4ccccc4)sc3n2)cc1OC. The predicted molar refractivity (Wildman–Crippen MR) is 112 cm³/mol. The summed E-state index contributed by atoms with van der Waals surface area (Å²) in [5.74, 6) is 1.20. The Kier molecular flexibility index (Phi) is 4.71. The molecule has 0 radical (unpaired) electrons. The van der Waals surface area contributed by atoms with E-state index in [0.717, 1.165) is 21.5 Å². The van der Waals surface area contributed by atoms with Crippen LogP contribution in [0.3, 0.4) is 0 Å². The first kappa shape index (κ1) is 18.0. The van der Waals surface area contributed by atoms with Gasteiger partial charge in [-0.3, -0.25) is 4.79 Å². The van der Waals surface area contributed by atoms with Crippen molar-refractivity contribution in [2.45, 2.75) is 0 Å². The second-order valence-corrected chi connectivity index (χ2v) is 7.16. The highest BCUT2D eigenvalue weighted by molar-refractivity contribution is 7.21. The lowest BCUT2D eigenvalue weighted by Gasteiger charge is -2.09. The highest BCUT2D eigenvalue weighted by Gasteiger charge is 2.19. The molecule has 2 N–H and O–H groups in total. The van der Waals surface area contributed by atoms with Crippen LogP contribution in [0.2, 0.25) is 0 Å². The summed E-state index contributed by atoms with van der Waals surface area (Å²) in [6.07, 6.45) is 0. The van der Waals surface area contributed by atoms with Gasteiger partial charge in [-0.05, 0) is 30.3 Å². The number of ether oxygens (including phenoxy) is 2. The Hall–Kier alpha value is -3.38. The average molecular weight is 390 g/mol. The van der Waals surface area contributed by atoms with Crippen molar-refractivity contribution in [2.24, 2.45) is 0 Å². The van der Waals surface area contributed by atoms with E-state index in [1.54, 1.807) is 26.4 Å². The minimum Gasteiger partial charge on any atom is -0.493 e. The minimum absolute atomic E-state index is 0.0891. The van der Waals surface area contributed by atoms with Gasteiger partial charge < -0.3 is 15.2 Å². The van der Waals surface area contributed by atoms with Gasteiger partial charge in [-0.1, -0.05) is 30.3 Å². The number of carbonyl (C=O) groups excluding carboxylic acids is 1. The van der Waals surface area contributed by atoms with Gasteiger partial charge in [-0.2, -0.15) is 0 Å². The topological polar surface area (TPSA) is 74.4 Å². The molecule has 0 atom stereocenters. The standard InChI is InChI=1S/C22H18N2O3S/c1-26-17-11-8-14(12-18(17)27-2)16-10-9-15-19(23)21(28-22(15)24-16)20(25)13-6-4-3-5-7-13/h3-12H,23H2,1-2H3. The molecule has 140 valence electrons. The lowest BCUT2D eigenvalue weighted by atomic mass is 10.1. The Bertz CT molecular complexity index is 1170. The molecule has 6 heteroatoms. The number of thiophene rings is 1. The van der Waals surface area contributed by atoms with E-state index in [-0.39, 0.29) is 5.78 Å². The molecule has 0 unspecified atom stereocenters. The number of benzene rings is 2. The third-order valence-electron chi connectivity index (χ3n) is 4.52. The normalized spacial score (nSPS) is 10.8. The van der Waals surface area contributed by atoms with Crippen molar-refractivity contribution >= 4 is 33.0 Å². The molecule has 0 aliphatic carbocycles. The molecule has 0 saturated heterocycles. The van der Waals surface area contributed by atoms with E-state index < -0.39 is 0 Å². The van der Waals surface area contributed by atoms with Gasteiger partial charge in [-0.15, -0.1) is 11.3 Å². The summed E-state index contributed by atoms with van der Waals surface area (Å²) >= 11 is 1.31. The van der Waals surface area contributed by atoms with Crippen LogP contribution in [0.4, 0.5) is 5.69 Å². The van der Waals surface area contributed by atoms with Crippen LogP contribution in [-0.4, -0.2) is 25.0 Å². The number of carbonyl (C=O) groups is 1. The number of pyridine rings is 1. The molecule has 5 nitrogen and oxygen atoms in total. The van der Waals surface area contributed by atoms with Gasteiger partial charge in [0.05, 0.1) is 25.6 Å². The second-order valence-electron chi connectivity index (χ2n) is 6.16. The van der Waals surface area contributed by atoms with Crippen LogP contribution in [0.15, 0.2) is 60.7 Å². The number of nitrogens with two attached hydrogens (primary N) is 1. The minimum atomic E-state index is -0.0891. The third kappa shape index (κ3) is 3.08. The fourth-order valence-corrected chi connectivity index (χ4v) is 4.10. The average Bonchev–Trinajstić information content (AvgIpc) is 3.09. The Balaban J connectivity index is 1.77. The zero-order chi connectivity index (χ0) is 19.7. The van der Waals surface area contributed by atoms with E-state index >= 15 is 0 Å². The molecule has 2 aromatic carbocycles. The number of hydrogen-bond acceptors (Lipinski definition) is 6. The van der Waals surface area contributed by atoms with Crippen LogP contribution in [0.25, 0.3) is 21.5 Å². The van der Waals surface area contributed by atoms with Crippen LogP contribution < -0.4 is 15.2 Å². The maximum atomic E-state index is 12.8. The molecule has 0 aliphatic rings. The number of nitrogens with zero attached hydrogens (tertiary/aromatic N) is 1. The highest BCUT2D eigenvalue weighted by Crippen LogP contribution is 2.37. The van der Waals surface area contributed by atoms with Gasteiger partial charge in [0, 0.05) is 16.5 Å². The third-order valence-corrected chi connectivity index (χ3v) is 5.63. The summed E-state index contributed by atoms with van der Waals surface area (Å²) in [5, 5.41) is 0.786. The first-order valence-corrected chi connectivity index (χ1v) is 9.45. The van der Waals surface area contributed by atoms with Crippen molar-refractivity contribution in [3.05, 3.63) is 71.1 Å². The number of nitrogen functional groups attached to an aromatic ring is 1. The summed E-state index contributed by atoms with van der Waals surface area (Å²) in [4.78, 5) is 18.8. The number of hydrogen-bond donors (Lipinski definition) is 1. The number of rotatable bonds is 5. The first-order chi connectivity index (χ1) is 13.6. The monoisotopic (exact) mass is 390 g/mol.